The lowest BCUT2D eigenvalue weighted by atomic mass is 9.89. The Kier molecular flexibility index (Phi) is 4.49. The first-order chi connectivity index (χ1) is 10.6. The maximum absolute atomic E-state index is 12.7. The molecule has 0 aliphatic rings. The predicted octanol–water partition coefficient (Wildman–Crippen LogP) is 4.09. The smallest absolute Gasteiger partial charge is 0.433 e. The summed E-state index contributed by atoms with van der Waals surface area (Å²) in [6.07, 6.45) is -2.43. The molecule has 0 aliphatic heterocycles. The molecular formula is C16H17F3N2O2. The Balaban J connectivity index is 2.34. The largest absolute Gasteiger partial charge is 0.446 e. The number of ether oxygens (including phenoxy) is 1. The first-order valence-corrected chi connectivity index (χ1v) is 6.97. The van der Waals surface area contributed by atoms with Crippen molar-refractivity contribution in [2.75, 3.05) is 0 Å². The third kappa shape index (κ3) is 4.12. The second-order valence-corrected chi connectivity index (χ2v) is 6.07. The fourth-order valence-corrected chi connectivity index (χ4v) is 1.88. The first-order valence-electron chi connectivity index (χ1n) is 6.97. The number of Topliss-reactive ketones (excluding diaryl/α,β-unsaturated/α-hetero) is 1. The highest BCUT2D eigenvalue weighted by atomic mass is 19.4. The number of aromatic nitrogens is 2. The van der Waals surface area contributed by atoms with Crippen molar-refractivity contribution in [1.82, 2.24) is 9.55 Å². The van der Waals surface area contributed by atoms with Crippen LogP contribution in [-0.4, -0.2) is 15.3 Å². The molecular weight excluding hydrogens is 309 g/mol. The Hall–Kier alpha value is -2.31. The van der Waals surface area contributed by atoms with Crippen LogP contribution in [0.5, 0.6) is 5.88 Å². The van der Waals surface area contributed by atoms with E-state index >= 15 is 0 Å². The molecule has 0 spiro atoms. The van der Waals surface area contributed by atoms with Crippen LogP contribution in [0.4, 0.5) is 13.2 Å². The Bertz CT molecular complexity index is 673. The second-order valence-electron chi connectivity index (χ2n) is 6.07. The van der Waals surface area contributed by atoms with Crippen LogP contribution in [0.2, 0.25) is 0 Å². The van der Waals surface area contributed by atoms with E-state index in [1.54, 1.807) is 45.3 Å². The summed E-state index contributed by atoms with van der Waals surface area (Å²) in [5.41, 5.74) is -1.79. The Labute approximate surface area is 131 Å². The molecule has 1 atom stereocenters. The molecule has 0 amide bonds. The summed E-state index contributed by atoms with van der Waals surface area (Å²) in [7, 11) is 0. The molecule has 23 heavy (non-hydrogen) atoms. The molecule has 0 fully saturated rings. The molecule has 4 nitrogen and oxygen atoms in total. The van der Waals surface area contributed by atoms with Gasteiger partial charge in [-0.15, -0.1) is 0 Å². The zero-order valence-electron chi connectivity index (χ0n) is 13.0. The average Bonchev–Trinajstić information content (AvgIpc) is 2.96. The van der Waals surface area contributed by atoms with Crippen molar-refractivity contribution in [3.63, 3.8) is 0 Å². The van der Waals surface area contributed by atoms with E-state index in [0.717, 1.165) is 6.07 Å². The van der Waals surface area contributed by atoms with Gasteiger partial charge in [-0.25, -0.2) is 4.98 Å². The van der Waals surface area contributed by atoms with Crippen LogP contribution in [0.3, 0.4) is 0 Å². The van der Waals surface area contributed by atoms with Crippen LogP contribution >= 0.6 is 0 Å². The van der Waals surface area contributed by atoms with Gasteiger partial charge in [-0.05, 0) is 18.2 Å². The average molecular weight is 326 g/mol. The third-order valence-corrected chi connectivity index (χ3v) is 3.11. The van der Waals surface area contributed by atoms with E-state index in [0.29, 0.717) is 0 Å². The lowest BCUT2D eigenvalue weighted by Crippen LogP contribution is -2.33. The van der Waals surface area contributed by atoms with Crippen molar-refractivity contribution in [1.29, 1.82) is 0 Å². The molecule has 2 aromatic rings. The van der Waals surface area contributed by atoms with Crippen LogP contribution in [0.1, 0.15) is 32.7 Å². The highest BCUT2D eigenvalue weighted by Crippen LogP contribution is 2.30. The van der Waals surface area contributed by atoms with E-state index < -0.39 is 23.5 Å². The van der Waals surface area contributed by atoms with Gasteiger partial charge < -0.3 is 9.30 Å². The van der Waals surface area contributed by atoms with Gasteiger partial charge in [0.1, 0.15) is 5.69 Å². The molecule has 0 N–H and O–H groups in total. The molecule has 0 saturated heterocycles. The molecule has 2 heterocycles. The first kappa shape index (κ1) is 17.1. The zero-order chi connectivity index (χ0) is 17.3. The molecule has 0 aromatic carbocycles. The van der Waals surface area contributed by atoms with Crippen LogP contribution in [0.25, 0.3) is 0 Å². The number of hydrogen-bond acceptors (Lipinski definition) is 3. The van der Waals surface area contributed by atoms with Gasteiger partial charge in [-0.1, -0.05) is 26.8 Å². The van der Waals surface area contributed by atoms with Gasteiger partial charge in [-0.3, -0.25) is 4.79 Å². The minimum atomic E-state index is -4.57. The summed E-state index contributed by atoms with van der Waals surface area (Å²) in [6, 6.07) is 6.74. The summed E-state index contributed by atoms with van der Waals surface area (Å²) in [4.78, 5) is 16.0. The van der Waals surface area contributed by atoms with Gasteiger partial charge in [0, 0.05) is 23.9 Å². The Morgan fingerprint density at radius 1 is 1.13 bits per heavy atom. The van der Waals surface area contributed by atoms with Crippen molar-refractivity contribution < 1.29 is 22.7 Å². The second kappa shape index (κ2) is 6.06. The van der Waals surface area contributed by atoms with E-state index in [4.69, 9.17) is 4.74 Å². The number of rotatable bonds is 4. The maximum Gasteiger partial charge on any atom is 0.433 e. The van der Waals surface area contributed by atoms with Gasteiger partial charge in [-0.2, -0.15) is 13.2 Å². The lowest BCUT2D eigenvalue weighted by molar-refractivity contribution is -0.142. The van der Waals surface area contributed by atoms with Crippen LogP contribution in [0, 0.1) is 5.41 Å². The predicted molar refractivity (Wildman–Crippen MR) is 77.8 cm³/mol. The number of halogens is 3. The molecule has 1 unspecified atom stereocenters. The van der Waals surface area contributed by atoms with Gasteiger partial charge >= 0.3 is 6.18 Å². The van der Waals surface area contributed by atoms with Gasteiger partial charge in [0.25, 0.3) is 0 Å². The van der Waals surface area contributed by atoms with E-state index in [2.05, 4.69) is 4.98 Å². The van der Waals surface area contributed by atoms with Crippen LogP contribution in [0.15, 0.2) is 42.7 Å². The highest BCUT2D eigenvalue weighted by Gasteiger charge is 2.35. The van der Waals surface area contributed by atoms with E-state index in [1.807, 2.05) is 0 Å². The summed E-state index contributed by atoms with van der Waals surface area (Å²) in [5.74, 6) is -0.524. The van der Waals surface area contributed by atoms with Gasteiger partial charge in [0.2, 0.25) is 12.1 Å². The van der Waals surface area contributed by atoms with E-state index in [9.17, 15) is 18.0 Å². The number of nitrogens with zero attached hydrogens (tertiary/aromatic N) is 2. The molecule has 0 saturated carbocycles. The van der Waals surface area contributed by atoms with Crippen molar-refractivity contribution in [2.45, 2.75) is 33.2 Å². The highest BCUT2D eigenvalue weighted by molar-refractivity contribution is 5.86. The van der Waals surface area contributed by atoms with Crippen LogP contribution in [-0.2, 0) is 11.0 Å². The van der Waals surface area contributed by atoms with Crippen LogP contribution < -0.4 is 4.74 Å². The van der Waals surface area contributed by atoms with E-state index in [1.165, 1.54) is 16.7 Å². The maximum atomic E-state index is 12.7. The fourth-order valence-electron chi connectivity index (χ4n) is 1.88. The van der Waals surface area contributed by atoms with Gasteiger partial charge in [0.05, 0.1) is 0 Å². The molecule has 2 aromatic heterocycles. The number of ketones is 1. The minimum Gasteiger partial charge on any atom is -0.446 e. The molecule has 2 rings (SSSR count). The molecule has 0 radical (unpaired) electrons. The fraction of sp³-hybridized carbons (Fsp3) is 0.375. The third-order valence-electron chi connectivity index (χ3n) is 3.11. The minimum absolute atomic E-state index is 0.254. The molecule has 124 valence electrons. The summed E-state index contributed by atoms with van der Waals surface area (Å²) in [6.45, 7) is 5.15. The summed E-state index contributed by atoms with van der Waals surface area (Å²) >= 11 is 0. The standard InChI is InChI=1S/C16H17F3N2O2/c1-15(2,3)13(22)14(21-9-4-5-10-21)23-12-8-6-7-11(20-12)16(17,18)19/h4-10,14H,1-3H3. The van der Waals surface area contributed by atoms with Crippen molar-refractivity contribution in [2.24, 2.45) is 5.41 Å². The number of pyridine rings is 1. The zero-order valence-corrected chi connectivity index (χ0v) is 13.0. The lowest BCUT2D eigenvalue weighted by Gasteiger charge is -2.26. The topological polar surface area (TPSA) is 44.1 Å². The van der Waals surface area contributed by atoms with Crippen molar-refractivity contribution in [3.05, 3.63) is 48.4 Å². The molecule has 7 heteroatoms. The molecule has 0 bridgehead atoms. The Morgan fingerprint density at radius 3 is 2.26 bits per heavy atom. The van der Waals surface area contributed by atoms with Crippen molar-refractivity contribution in [3.8, 4) is 5.88 Å². The van der Waals surface area contributed by atoms with E-state index in [-0.39, 0.29) is 11.7 Å². The monoisotopic (exact) mass is 326 g/mol. The molecule has 0 aliphatic carbocycles. The number of hydrogen-bond donors (Lipinski definition) is 0. The summed E-state index contributed by atoms with van der Waals surface area (Å²) < 4.78 is 45.2. The normalized spacial score (nSPS) is 13.7. The summed E-state index contributed by atoms with van der Waals surface area (Å²) in [5, 5.41) is 0. The quantitative estimate of drug-likeness (QED) is 0.850. The Morgan fingerprint density at radius 2 is 1.74 bits per heavy atom. The van der Waals surface area contributed by atoms with Gasteiger partial charge in [0.15, 0.2) is 5.78 Å². The SMILES string of the molecule is CC(C)(C)C(=O)C(Oc1cccc(C(F)(F)F)n1)n1cccc1. The number of carbonyl (C=O) groups is 1. The number of carbonyl (C=O) groups excluding carboxylic acids is 1. The van der Waals surface area contributed by atoms with Crippen molar-refractivity contribution >= 4 is 5.78 Å². The number of alkyl halides is 3.